The van der Waals surface area contributed by atoms with Gasteiger partial charge in [-0.25, -0.2) is 4.98 Å². The molecule has 1 aromatic rings. The van der Waals surface area contributed by atoms with Crippen LogP contribution in [0.3, 0.4) is 0 Å². The average molecular weight is 233 g/mol. The summed E-state index contributed by atoms with van der Waals surface area (Å²) in [7, 11) is 0. The van der Waals surface area contributed by atoms with Gasteiger partial charge in [-0.2, -0.15) is 0 Å². The van der Waals surface area contributed by atoms with Crippen molar-refractivity contribution in [3.8, 4) is 0 Å². The minimum atomic E-state index is 0.394. The van der Waals surface area contributed by atoms with Crippen LogP contribution in [-0.4, -0.2) is 22.6 Å². The summed E-state index contributed by atoms with van der Waals surface area (Å²) in [4.78, 5) is 8.11. The van der Waals surface area contributed by atoms with Crippen molar-refractivity contribution in [3.05, 3.63) is 17.7 Å². The van der Waals surface area contributed by atoms with Crippen LogP contribution in [0.5, 0.6) is 0 Å². The summed E-state index contributed by atoms with van der Waals surface area (Å²) in [6.45, 7) is 3.53. The number of aromatic amines is 1. The number of hydrogen-bond acceptors (Lipinski definition) is 2. The Bertz CT molecular complexity index is 373. The normalized spacial score (nSPS) is 27.7. The molecule has 1 saturated carbocycles. The standard InChI is InChI=1S/C14H23N3/c1-14(6-4-7-14)12-10-16-13(17-12)9-11-5-2-3-8-15-11/h10-11,15H,2-9H2,1H3,(H,16,17). The lowest BCUT2D eigenvalue weighted by Gasteiger charge is -2.37. The maximum Gasteiger partial charge on any atom is 0.107 e. The second-order valence-corrected chi connectivity index (χ2v) is 6.01. The van der Waals surface area contributed by atoms with E-state index in [0.29, 0.717) is 11.5 Å². The second-order valence-electron chi connectivity index (χ2n) is 6.01. The lowest BCUT2D eigenvalue weighted by atomic mass is 9.68. The highest BCUT2D eigenvalue weighted by Gasteiger charge is 2.35. The molecule has 3 rings (SSSR count). The van der Waals surface area contributed by atoms with E-state index in [9.17, 15) is 0 Å². The quantitative estimate of drug-likeness (QED) is 0.842. The molecule has 2 fully saturated rings. The fraction of sp³-hybridized carbons (Fsp3) is 0.786. The first-order valence-corrected chi connectivity index (χ1v) is 7.04. The van der Waals surface area contributed by atoms with Gasteiger partial charge in [-0.1, -0.05) is 19.8 Å². The predicted octanol–water partition coefficient (Wildman–Crippen LogP) is 2.54. The molecule has 0 bridgehead atoms. The topological polar surface area (TPSA) is 40.7 Å². The number of nitrogens with zero attached hydrogens (tertiary/aromatic N) is 1. The third kappa shape index (κ3) is 2.25. The summed E-state index contributed by atoms with van der Waals surface area (Å²) >= 11 is 0. The van der Waals surface area contributed by atoms with Gasteiger partial charge in [0.1, 0.15) is 5.82 Å². The fourth-order valence-corrected chi connectivity index (χ4v) is 3.08. The molecule has 1 saturated heterocycles. The third-order valence-corrected chi connectivity index (χ3v) is 4.59. The molecule has 1 unspecified atom stereocenters. The minimum Gasteiger partial charge on any atom is -0.345 e. The van der Waals surface area contributed by atoms with E-state index in [1.807, 2.05) is 0 Å². The van der Waals surface area contributed by atoms with Crippen molar-refractivity contribution < 1.29 is 0 Å². The highest BCUT2D eigenvalue weighted by atomic mass is 15.0. The summed E-state index contributed by atoms with van der Waals surface area (Å²) in [5.41, 5.74) is 1.75. The molecule has 0 aromatic carbocycles. The second kappa shape index (κ2) is 4.45. The van der Waals surface area contributed by atoms with Gasteiger partial charge in [-0.05, 0) is 32.2 Å². The van der Waals surface area contributed by atoms with Gasteiger partial charge in [0, 0.05) is 29.8 Å². The van der Waals surface area contributed by atoms with Gasteiger partial charge in [0.25, 0.3) is 0 Å². The minimum absolute atomic E-state index is 0.394. The fourth-order valence-electron chi connectivity index (χ4n) is 3.08. The Hall–Kier alpha value is -0.830. The molecule has 1 aromatic heterocycles. The predicted molar refractivity (Wildman–Crippen MR) is 69.1 cm³/mol. The largest absolute Gasteiger partial charge is 0.345 e. The Morgan fingerprint density at radius 2 is 2.24 bits per heavy atom. The van der Waals surface area contributed by atoms with Crippen molar-refractivity contribution in [2.24, 2.45) is 0 Å². The molecule has 3 heteroatoms. The van der Waals surface area contributed by atoms with Crippen molar-refractivity contribution in [2.45, 2.75) is 63.3 Å². The van der Waals surface area contributed by atoms with Gasteiger partial charge in [-0.15, -0.1) is 0 Å². The van der Waals surface area contributed by atoms with Crippen LogP contribution < -0.4 is 5.32 Å². The number of H-pyrrole nitrogens is 1. The molecule has 1 aliphatic carbocycles. The summed E-state index contributed by atoms with van der Waals surface area (Å²) in [6.07, 6.45) is 11.1. The lowest BCUT2D eigenvalue weighted by Crippen LogP contribution is -2.36. The van der Waals surface area contributed by atoms with Crippen LogP contribution in [0, 0.1) is 0 Å². The van der Waals surface area contributed by atoms with Crippen LogP contribution in [0.1, 0.15) is 57.0 Å². The van der Waals surface area contributed by atoms with Crippen molar-refractivity contribution in [3.63, 3.8) is 0 Å². The molecular weight excluding hydrogens is 210 g/mol. The highest BCUT2D eigenvalue weighted by Crippen LogP contribution is 2.42. The Labute approximate surface area is 103 Å². The van der Waals surface area contributed by atoms with Gasteiger partial charge in [0.15, 0.2) is 0 Å². The summed E-state index contributed by atoms with van der Waals surface area (Å²) in [5.74, 6) is 1.17. The molecule has 94 valence electrons. The van der Waals surface area contributed by atoms with Crippen LogP contribution in [-0.2, 0) is 11.8 Å². The first-order valence-electron chi connectivity index (χ1n) is 7.04. The lowest BCUT2D eigenvalue weighted by molar-refractivity contribution is 0.265. The maximum absolute atomic E-state index is 4.56. The van der Waals surface area contributed by atoms with Crippen LogP contribution in [0.2, 0.25) is 0 Å². The number of imidazole rings is 1. The number of piperidine rings is 1. The van der Waals surface area contributed by atoms with Gasteiger partial charge in [0.2, 0.25) is 0 Å². The van der Waals surface area contributed by atoms with E-state index in [1.165, 1.54) is 56.6 Å². The van der Waals surface area contributed by atoms with Gasteiger partial charge in [0.05, 0.1) is 0 Å². The first kappa shape index (κ1) is 11.3. The number of nitrogens with one attached hydrogen (secondary N) is 2. The average Bonchev–Trinajstić information content (AvgIpc) is 2.76. The van der Waals surface area contributed by atoms with E-state index in [1.54, 1.807) is 0 Å². The van der Waals surface area contributed by atoms with Gasteiger partial charge in [-0.3, -0.25) is 0 Å². The van der Waals surface area contributed by atoms with Crippen LogP contribution in [0.4, 0.5) is 0 Å². The Morgan fingerprint density at radius 1 is 1.35 bits per heavy atom. The van der Waals surface area contributed by atoms with Gasteiger partial charge < -0.3 is 10.3 Å². The SMILES string of the molecule is CC1(c2cnc(CC3CCCCN3)[nH]2)CCC1. The summed E-state index contributed by atoms with van der Waals surface area (Å²) < 4.78 is 0. The maximum atomic E-state index is 4.56. The zero-order chi connectivity index (χ0) is 11.7. The summed E-state index contributed by atoms with van der Waals surface area (Å²) in [6, 6.07) is 0.636. The molecule has 1 aliphatic heterocycles. The number of aromatic nitrogens is 2. The molecule has 1 atom stereocenters. The van der Waals surface area contributed by atoms with E-state index < -0.39 is 0 Å². The van der Waals surface area contributed by atoms with Crippen LogP contribution in [0.25, 0.3) is 0 Å². The van der Waals surface area contributed by atoms with E-state index >= 15 is 0 Å². The first-order chi connectivity index (χ1) is 8.26. The number of rotatable bonds is 3. The van der Waals surface area contributed by atoms with Crippen molar-refractivity contribution in [1.29, 1.82) is 0 Å². The Morgan fingerprint density at radius 3 is 2.88 bits per heavy atom. The van der Waals surface area contributed by atoms with E-state index in [2.05, 4.69) is 28.4 Å². The molecule has 0 amide bonds. The Balaban J connectivity index is 1.63. The highest BCUT2D eigenvalue weighted by molar-refractivity contribution is 5.18. The zero-order valence-electron chi connectivity index (χ0n) is 10.8. The molecular formula is C14H23N3. The van der Waals surface area contributed by atoms with Crippen molar-refractivity contribution in [2.75, 3.05) is 6.54 Å². The van der Waals surface area contributed by atoms with Gasteiger partial charge >= 0.3 is 0 Å². The monoisotopic (exact) mass is 233 g/mol. The third-order valence-electron chi connectivity index (χ3n) is 4.59. The zero-order valence-corrected chi connectivity index (χ0v) is 10.8. The Kier molecular flexibility index (Phi) is 2.95. The number of hydrogen-bond donors (Lipinski definition) is 2. The molecule has 0 radical (unpaired) electrons. The molecule has 0 spiro atoms. The smallest absolute Gasteiger partial charge is 0.107 e. The van der Waals surface area contributed by atoms with E-state index in [4.69, 9.17) is 0 Å². The molecule has 2 N–H and O–H groups in total. The van der Waals surface area contributed by atoms with Crippen molar-refractivity contribution in [1.82, 2.24) is 15.3 Å². The molecule has 2 heterocycles. The molecule has 3 nitrogen and oxygen atoms in total. The molecule has 2 aliphatic rings. The molecule has 17 heavy (non-hydrogen) atoms. The van der Waals surface area contributed by atoms with Crippen LogP contribution in [0.15, 0.2) is 6.20 Å². The van der Waals surface area contributed by atoms with E-state index in [-0.39, 0.29) is 0 Å². The summed E-state index contributed by atoms with van der Waals surface area (Å²) in [5, 5.41) is 3.58. The van der Waals surface area contributed by atoms with E-state index in [0.717, 1.165) is 6.42 Å². The van der Waals surface area contributed by atoms with Crippen molar-refractivity contribution >= 4 is 0 Å². The van der Waals surface area contributed by atoms with Crippen LogP contribution >= 0.6 is 0 Å².